The lowest BCUT2D eigenvalue weighted by atomic mass is 10.1. The van der Waals surface area contributed by atoms with E-state index in [0.717, 1.165) is 22.4 Å². The molecule has 0 fully saturated rings. The first-order valence-electron chi connectivity index (χ1n) is 7.35. The largest absolute Gasteiger partial charge is 0.350 e. The van der Waals surface area contributed by atoms with Crippen molar-refractivity contribution in [1.29, 1.82) is 0 Å². The van der Waals surface area contributed by atoms with Crippen molar-refractivity contribution in [2.75, 3.05) is 0 Å². The Balaban J connectivity index is 1.56. The fourth-order valence-electron chi connectivity index (χ4n) is 2.39. The summed E-state index contributed by atoms with van der Waals surface area (Å²) in [5.74, 6) is 0.849. The number of carbonyl (C=O) groups is 1. The maximum atomic E-state index is 12.0. The number of amides is 1. The lowest BCUT2D eigenvalue weighted by Crippen LogP contribution is -2.26. The first-order chi connectivity index (χ1) is 10.7. The summed E-state index contributed by atoms with van der Waals surface area (Å²) in [5.41, 5.74) is 2.93. The molecule has 0 saturated heterocycles. The van der Waals surface area contributed by atoms with E-state index in [1.54, 1.807) is 12.4 Å². The van der Waals surface area contributed by atoms with Crippen LogP contribution in [0.3, 0.4) is 0 Å². The highest BCUT2D eigenvalue weighted by atomic mass is 16.1. The van der Waals surface area contributed by atoms with Gasteiger partial charge in [-0.1, -0.05) is 18.2 Å². The molecule has 2 aromatic heterocycles. The lowest BCUT2D eigenvalue weighted by molar-refractivity contribution is -0.121. The Labute approximate surface area is 128 Å². The topological polar surface area (TPSA) is 70.7 Å². The molecule has 112 valence electrons. The summed E-state index contributed by atoms with van der Waals surface area (Å²) in [7, 11) is 0. The van der Waals surface area contributed by atoms with E-state index in [4.69, 9.17) is 0 Å². The van der Waals surface area contributed by atoms with Crippen LogP contribution in [0, 0.1) is 0 Å². The van der Waals surface area contributed by atoms with E-state index in [2.05, 4.69) is 20.3 Å². The monoisotopic (exact) mass is 294 g/mol. The fourth-order valence-corrected chi connectivity index (χ4v) is 2.39. The van der Waals surface area contributed by atoms with Crippen LogP contribution in [-0.4, -0.2) is 20.9 Å². The number of aryl methyl sites for hydroxylation is 1. The average molecular weight is 294 g/mol. The van der Waals surface area contributed by atoms with E-state index in [1.165, 1.54) is 0 Å². The number of para-hydroxylation sites is 2. The zero-order chi connectivity index (χ0) is 15.4. The third-order valence-corrected chi connectivity index (χ3v) is 3.59. The zero-order valence-electron chi connectivity index (χ0n) is 12.4. The Kier molecular flexibility index (Phi) is 4.14. The minimum atomic E-state index is -0.0446. The number of hydrogen-bond donors (Lipinski definition) is 2. The fraction of sp³-hybridized carbons (Fsp3) is 0.235. The predicted octanol–water partition coefficient (Wildman–Crippen LogP) is 2.77. The van der Waals surface area contributed by atoms with Gasteiger partial charge in [-0.15, -0.1) is 0 Å². The van der Waals surface area contributed by atoms with Gasteiger partial charge in [0.25, 0.3) is 0 Å². The van der Waals surface area contributed by atoms with Crippen LogP contribution in [0.4, 0.5) is 0 Å². The summed E-state index contributed by atoms with van der Waals surface area (Å²) in [6.07, 6.45) is 4.49. The van der Waals surface area contributed by atoms with Crippen LogP contribution < -0.4 is 5.32 Å². The molecule has 3 rings (SSSR count). The van der Waals surface area contributed by atoms with Gasteiger partial charge in [-0.25, -0.2) is 4.98 Å². The number of nitrogens with zero attached hydrogens (tertiary/aromatic N) is 2. The van der Waals surface area contributed by atoms with Crippen molar-refractivity contribution in [1.82, 2.24) is 20.3 Å². The maximum Gasteiger partial charge on any atom is 0.220 e. The number of benzene rings is 1. The van der Waals surface area contributed by atoms with Crippen LogP contribution in [0.1, 0.15) is 30.8 Å². The molecule has 0 radical (unpaired) electrons. The summed E-state index contributed by atoms with van der Waals surface area (Å²) in [6.45, 7) is 1.95. The van der Waals surface area contributed by atoms with E-state index < -0.39 is 0 Å². The normalized spacial score (nSPS) is 12.2. The zero-order valence-corrected chi connectivity index (χ0v) is 12.4. The van der Waals surface area contributed by atoms with Gasteiger partial charge in [0.15, 0.2) is 0 Å². The molecule has 2 heterocycles. The number of aromatic amines is 1. The Morgan fingerprint density at radius 2 is 2.14 bits per heavy atom. The van der Waals surface area contributed by atoms with Crippen molar-refractivity contribution in [2.45, 2.75) is 25.8 Å². The number of fused-ring (bicyclic) bond motifs is 1. The molecule has 3 aromatic rings. The lowest BCUT2D eigenvalue weighted by Gasteiger charge is -2.13. The quantitative estimate of drug-likeness (QED) is 0.760. The molecule has 22 heavy (non-hydrogen) atoms. The molecule has 1 aromatic carbocycles. The van der Waals surface area contributed by atoms with Gasteiger partial charge in [0, 0.05) is 25.2 Å². The number of imidazole rings is 1. The highest BCUT2D eigenvalue weighted by molar-refractivity contribution is 5.77. The van der Waals surface area contributed by atoms with Gasteiger partial charge in [0.1, 0.15) is 5.82 Å². The summed E-state index contributed by atoms with van der Waals surface area (Å²) in [4.78, 5) is 23.8. The Morgan fingerprint density at radius 3 is 2.91 bits per heavy atom. The molecule has 0 spiro atoms. The summed E-state index contributed by atoms with van der Waals surface area (Å²) in [6, 6.07) is 11.6. The van der Waals surface area contributed by atoms with Crippen LogP contribution in [0.5, 0.6) is 0 Å². The number of H-pyrrole nitrogens is 1. The molecule has 5 heteroatoms. The highest BCUT2D eigenvalue weighted by Gasteiger charge is 2.10. The van der Waals surface area contributed by atoms with Gasteiger partial charge in [0.2, 0.25) is 5.91 Å². The molecule has 1 unspecified atom stereocenters. The van der Waals surface area contributed by atoms with Crippen LogP contribution in [0.2, 0.25) is 0 Å². The van der Waals surface area contributed by atoms with Gasteiger partial charge in [-0.2, -0.15) is 0 Å². The Morgan fingerprint density at radius 1 is 1.27 bits per heavy atom. The van der Waals surface area contributed by atoms with Crippen LogP contribution in [0.25, 0.3) is 11.0 Å². The van der Waals surface area contributed by atoms with Crippen molar-refractivity contribution in [3.05, 3.63) is 60.2 Å². The number of nitrogens with one attached hydrogen (secondary N) is 2. The van der Waals surface area contributed by atoms with Crippen molar-refractivity contribution < 1.29 is 4.79 Å². The Hall–Kier alpha value is -2.69. The molecular weight excluding hydrogens is 276 g/mol. The first-order valence-corrected chi connectivity index (χ1v) is 7.35. The third kappa shape index (κ3) is 3.31. The number of pyridine rings is 1. The molecule has 0 bridgehead atoms. The van der Waals surface area contributed by atoms with Gasteiger partial charge in [-0.05, 0) is 30.7 Å². The highest BCUT2D eigenvalue weighted by Crippen LogP contribution is 2.12. The van der Waals surface area contributed by atoms with Gasteiger partial charge in [-0.3, -0.25) is 9.78 Å². The number of carbonyl (C=O) groups excluding carboxylic acids is 1. The second-order valence-electron chi connectivity index (χ2n) is 5.28. The van der Waals surface area contributed by atoms with E-state index in [0.29, 0.717) is 12.8 Å². The second kappa shape index (κ2) is 6.39. The van der Waals surface area contributed by atoms with Crippen molar-refractivity contribution in [2.24, 2.45) is 0 Å². The van der Waals surface area contributed by atoms with Crippen LogP contribution >= 0.6 is 0 Å². The molecule has 0 aliphatic rings. The van der Waals surface area contributed by atoms with E-state index in [-0.39, 0.29) is 11.9 Å². The van der Waals surface area contributed by atoms with E-state index in [1.807, 2.05) is 43.3 Å². The molecule has 0 aliphatic heterocycles. The van der Waals surface area contributed by atoms with Gasteiger partial charge in [0.05, 0.1) is 17.1 Å². The number of aromatic nitrogens is 3. The second-order valence-corrected chi connectivity index (χ2v) is 5.28. The SMILES string of the molecule is CC(NC(=O)CCc1nc2ccccc2[nH]1)c1cccnc1. The maximum absolute atomic E-state index is 12.0. The molecular formula is C17H18N4O. The molecule has 5 nitrogen and oxygen atoms in total. The van der Waals surface area contributed by atoms with Crippen molar-refractivity contribution in [3.8, 4) is 0 Å². The number of hydrogen-bond acceptors (Lipinski definition) is 3. The van der Waals surface area contributed by atoms with Crippen LogP contribution in [-0.2, 0) is 11.2 Å². The summed E-state index contributed by atoms with van der Waals surface area (Å²) in [5, 5.41) is 2.98. The van der Waals surface area contributed by atoms with Crippen molar-refractivity contribution in [3.63, 3.8) is 0 Å². The molecule has 0 aliphatic carbocycles. The van der Waals surface area contributed by atoms with Gasteiger partial charge < -0.3 is 10.3 Å². The molecule has 1 amide bonds. The average Bonchev–Trinajstić information content (AvgIpc) is 2.96. The summed E-state index contributed by atoms with van der Waals surface area (Å²) >= 11 is 0. The molecule has 1 atom stereocenters. The standard InChI is InChI=1S/C17H18N4O/c1-12(13-5-4-10-18-11-13)19-17(22)9-8-16-20-14-6-2-3-7-15(14)21-16/h2-7,10-12H,8-9H2,1H3,(H,19,22)(H,20,21). The van der Waals surface area contributed by atoms with E-state index >= 15 is 0 Å². The smallest absolute Gasteiger partial charge is 0.220 e. The Bertz CT molecular complexity index is 733. The van der Waals surface area contributed by atoms with Crippen LogP contribution in [0.15, 0.2) is 48.8 Å². The van der Waals surface area contributed by atoms with E-state index in [9.17, 15) is 4.79 Å². The molecule has 0 saturated carbocycles. The third-order valence-electron chi connectivity index (χ3n) is 3.59. The number of rotatable bonds is 5. The predicted molar refractivity (Wildman–Crippen MR) is 85.2 cm³/mol. The first kappa shape index (κ1) is 14.3. The minimum Gasteiger partial charge on any atom is -0.350 e. The minimum absolute atomic E-state index is 0.0109. The summed E-state index contributed by atoms with van der Waals surface area (Å²) < 4.78 is 0. The molecule has 2 N–H and O–H groups in total. The van der Waals surface area contributed by atoms with Crippen molar-refractivity contribution >= 4 is 16.9 Å². The van der Waals surface area contributed by atoms with Gasteiger partial charge >= 0.3 is 0 Å².